The number of methoxy groups -OCH3 is 1. The van der Waals surface area contributed by atoms with Crippen molar-refractivity contribution in [3.63, 3.8) is 0 Å². The number of rotatable bonds is 4. The number of benzene rings is 1. The summed E-state index contributed by atoms with van der Waals surface area (Å²) in [5.74, 6) is 1.33. The van der Waals surface area contributed by atoms with Gasteiger partial charge in [0.2, 0.25) is 0 Å². The minimum absolute atomic E-state index is 0.110. The zero-order valence-corrected chi connectivity index (χ0v) is 10.3. The molecule has 0 bridgehead atoms. The lowest BCUT2D eigenvalue weighted by Gasteiger charge is -2.27. The molecule has 0 radical (unpaired) electrons. The van der Waals surface area contributed by atoms with Crippen molar-refractivity contribution >= 4 is 23.0 Å². The molecule has 2 rings (SSSR count). The van der Waals surface area contributed by atoms with Crippen molar-refractivity contribution < 1.29 is 14.2 Å². The standard InChI is InChI=1S/C11H14N2O3S/c1-14-10-4-7(13-11(12)17)2-3-9(10)16-8-5-15-6-8/h2-4,8H,5-6H2,1H3,(H3,12,13,17). The van der Waals surface area contributed by atoms with Crippen LogP contribution in [0.3, 0.4) is 0 Å². The monoisotopic (exact) mass is 254 g/mol. The predicted octanol–water partition coefficient (Wildman–Crippen LogP) is 1.13. The first-order valence-electron chi connectivity index (χ1n) is 5.18. The molecule has 1 aliphatic rings. The van der Waals surface area contributed by atoms with E-state index in [9.17, 15) is 0 Å². The maximum Gasteiger partial charge on any atom is 0.168 e. The van der Waals surface area contributed by atoms with Crippen LogP contribution in [0.4, 0.5) is 5.69 Å². The van der Waals surface area contributed by atoms with Gasteiger partial charge in [-0.3, -0.25) is 0 Å². The third kappa shape index (κ3) is 2.98. The maximum atomic E-state index is 5.69. The van der Waals surface area contributed by atoms with E-state index >= 15 is 0 Å². The van der Waals surface area contributed by atoms with Gasteiger partial charge in [0.15, 0.2) is 16.6 Å². The van der Waals surface area contributed by atoms with Gasteiger partial charge in [-0.1, -0.05) is 0 Å². The normalized spacial score (nSPS) is 14.9. The van der Waals surface area contributed by atoms with E-state index in [0.717, 1.165) is 5.69 Å². The average molecular weight is 254 g/mol. The largest absolute Gasteiger partial charge is 0.493 e. The molecule has 0 amide bonds. The van der Waals surface area contributed by atoms with Gasteiger partial charge in [-0.2, -0.15) is 0 Å². The number of nitrogens with one attached hydrogen (secondary N) is 1. The van der Waals surface area contributed by atoms with Crippen LogP contribution in [-0.2, 0) is 4.74 Å². The molecule has 17 heavy (non-hydrogen) atoms. The van der Waals surface area contributed by atoms with Gasteiger partial charge in [0.05, 0.1) is 20.3 Å². The van der Waals surface area contributed by atoms with Gasteiger partial charge in [0.1, 0.15) is 6.10 Å². The van der Waals surface area contributed by atoms with Gasteiger partial charge in [-0.05, 0) is 24.4 Å². The number of nitrogens with two attached hydrogens (primary N) is 1. The Labute approximate surface area is 105 Å². The summed E-state index contributed by atoms with van der Waals surface area (Å²) >= 11 is 4.77. The fourth-order valence-corrected chi connectivity index (χ4v) is 1.56. The van der Waals surface area contributed by atoms with Crippen LogP contribution >= 0.6 is 12.2 Å². The molecule has 5 nitrogen and oxygen atoms in total. The summed E-state index contributed by atoms with van der Waals surface area (Å²) in [6.07, 6.45) is 0.110. The van der Waals surface area contributed by atoms with E-state index in [1.54, 1.807) is 13.2 Å². The first kappa shape index (κ1) is 11.9. The van der Waals surface area contributed by atoms with Crippen molar-refractivity contribution in [3.05, 3.63) is 18.2 Å². The zero-order chi connectivity index (χ0) is 12.3. The summed E-state index contributed by atoms with van der Waals surface area (Å²) in [6.45, 7) is 1.24. The van der Waals surface area contributed by atoms with Crippen LogP contribution in [0.5, 0.6) is 11.5 Å². The highest BCUT2D eigenvalue weighted by Gasteiger charge is 2.21. The molecule has 1 aromatic carbocycles. The Morgan fingerprint density at radius 1 is 1.47 bits per heavy atom. The van der Waals surface area contributed by atoms with Crippen LogP contribution in [0.2, 0.25) is 0 Å². The highest BCUT2D eigenvalue weighted by molar-refractivity contribution is 7.80. The highest BCUT2D eigenvalue weighted by atomic mass is 32.1. The summed E-state index contributed by atoms with van der Waals surface area (Å²) in [6, 6.07) is 5.43. The minimum atomic E-state index is 0.110. The second-order valence-electron chi connectivity index (χ2n) is 3.63. The predicted molar refractivity (Wildman–Crippen MR) is 68.6 cm³/mol. The fraction of sp³-hybridized carbons (Fsp3) is 0.364. The fourth-order valence-electron chi connectivity index (χ4n) is 1.45. The van der Waals surface area contributed by atoms with Crippen LogP contribution in [0, 0.1) is 0 Å². The lowest BCUT2D eigenvalue weighted by atomic mass is 10.2. The quantitative estimate of drug-likeness (QED) is 0.785. The Kier molecular flexibility index (Phi) is 3.65. The molecule has 3 N–H and O–H groups in total. The van der Waals surface area contributed by atoms with Gasteiger partial charge in [0.25, 0.3) is 0 Å². The lowest BCUT2D eigenvalue weighted by molar-refractivity contribution is -0.0803. The van der Waals surface area contributed by atoms with Crippen LogP contribution in [0.15, 0.2) is 18.2 Å². The molecular weight excluding hydrogens is 240 g/mol. The summed E-state index contributed by atoms with van der Waals surface area (Å²) in [5.41, 5.74) is 6.17. The molecule has 0 saturated carbocycles. The zero-order valence-electron chi connectivity index (χ0n) is 9.43. The minimum Gasteiger partial charge on any atom is -0.493 e. The van der Waals surface area contributed by atoms with Crippen molar-refractivity contribution in [2.45, 2.75) is 6.10 Å². The Hall–Kier alpha value is -1.53. The van der Waals surface area contributed by atoms with Gasteiger partial charge in [-0.25, -0.2) is 0 Å². The Morgan fingerprint density at radius 2 is 2.24 bits per heavy atom. The smallest absolute Gasteiger partial charge is 0.168 e. The van der Waals surface area contributed by atoms with E-state index in [4.69, 9.17) is 32.2 Å². The second-order valence-corrected chi connectivity index (χ2v) is 4.07. The molecule has 0 unspecified atom stereocenters. The van der Waals surface area contributed by atoms with Gasteiger partial charge >= 0.3 is 0 Å². The molecule has 0 atom stereocenters. The van der Waals surface area contributed by atoms with E-state index in [1.807, 2.05) is 12.1 Å². The number of anilines is 1. The molecule has 0 aromatic heterocycles. The van der Waals surface area contributed by atoms with Gasteiger partial charge in [-0.15, -0.1) is 0 Å². The van der Waals surface area contributed by atoms with Crippen molar-refractivity contribution in [2.75, 3.05) is 25.6 Å². The molecule has 1 aliphatic heterocycles. The van der Waals surface area contributed by atoms with Crippen molar-refractivity contribution in [1.29, 1.82) is 0 Å². The molecule has 6 heteroatoms. The molecule has 92 valence electrons. The lowest BCUT2D eigenvalue weighted by Crippen LogP contribution is -2.38. The summed E-state index contributed by atoms with van der Waals surface area (Å²) < 4.78 is 16.0. The molecule has 1 saturated heterocycles. The first-order valence-corrected chi connectivity index (χ1v) is 5.59. The van der Waals surface area contributed by atoms with Crippen molar-refractivity contribution in [3.8, 4) is 11.5 Å². The topological polar surface area (TPSA) is 65.7 Å². The Bertz CT molecular complexity index is 421. The molecular formula is C11H14N2O3S. The Balaban J connectivity index is 2.12. The van der Waals surface area contributed by atoms with E-state index in [0.29, 0.717) is 24.7 Å². The van der Waals surface area contributed by atoms with Gasteiger partial charge < -0.3 is 25.3 Å². The SMILES string of the molecule is COc1cc(NC(N)=S)ccc1OC1COC1. The van der Waals surface area contributed by atoms with Gasteiger partial charge in [0, 0.05) is 11.8 Å². The highest BCUT2D eigenvalue weighted by Crippen LogP contribution is 2.31. The van der Waals surface area contributed by atoms with Crippen molar-refractivity contribution in [2.24, 2.45) is 5.73 Å². The summed E-state index contributed by atoms with van der Waals surface area (Å²) in [4.78, 5) is 0. The second kappa shape index (κ2) is 5.20. The van der Waals surface area contributed by atoms with E-state index in [2.05, 4.69) is 5.32 Å². The molecule has 0 aliphatic carbocycles. The van der Waals surface area contributed by atoms with Crippen molar-refractivity contribution in [1.82, 2.24) is 0 Å². The number of ether oxygens (including phenoxy) is 3. The number of hydrogen-bond donors (Lipinski definition) is 2. The first-order chi connectivity index (χ1) is 8.19. The Morgan fingerprint density at radius 3 is 2.76 bits per heavy atom. The van der Waals surface area contributed by atoms with Crippen LogP contribution in [-0.4, -0.2) is 31.5 Å². The average Bonchev–Trinajstić information content (AvgIpc) is 2.23. The molecule has 1 fully saturated rings. The molecule has 1 heterocycles. The summed E-state index contributed by atoms with van der Waals surface area (Å²) in [7, 11) is 1.59. The van der Waals surface area contributed by atoms with E-state index in [1.165, 1.54) is 0 Å². The van der Waals surface area contributed by atoms with E-state index < -0.39 is 0 Å². The number of hydrogen-bond acceptors (Lipinski definition) is 4. The van der Waals surface area contributed by atoms with Crippen LogP contribution < -0.4 is 20.5 Å². The van der Waals surface area contributed by atoms with Crippen LogP contribution in [0.25, 0.3) is 0 Å². The maximum absolute atomic E-state index is 5.69. The van der Waals surface area contributed by atoms with E-state index in [-0.39, 0.29) is 11.2 Å². The third-order valence-electron chi connectivity index (χ3n) is 2.33. The number of thiocarbonyl (C=S) groups is 1. The molecule has 0 spiro atoms. The third-order valence-corrected chi connectivity index (χ3v) is 2.43. The molecule has 1 aromatic rings. The van der Waals surface area contributed by atoms with Crippen LogP contribution in [0.1, 0.15) is 0 Å². The summed E-state index contributed by atoms with van der Waals surface area (Å²) in [5, 5.41) is 3.05.